The maximum atomic E-state index is 12.7. The van der Waals surface area contributed by atoms with E-state index in [0.717, 1.165) is 31.7 Å². The number of hydrogen-bond acceptors (Lipinski definition) is 2. The van der Waals surface area contributed by atoms with Crippen LogP contribution in [-0.4, -0.2) is 35.8 Å². The molecule has 3 fully saturated rings. The Hall–Kier alpha value is -1.06. The summed E-state index contributed by atoms with van der Waals surface area (Å²) in [4.78, 5) is 26.6. The van der Waals surface area contributed by atoms with Gasteiger partial charge in [0.25, 0.3) is 0 Å². The summed E-state index contributed by atoms with van der Waals surface area (Å²) in [5.41, 5.74) is 0. The zero-order chi connectivity index (χ0) is 13.9. The minimum atomic E-state index is -0.246. The summed E-state index contributed by atoms with van der Waals surface area (Å²) >= 11 is 0. The topological polar surface area (TPSA) is 49.4 Å². The molecule has 2 saturated carbocycles. The number of amides is 2. The molecule has 1 unspecified atom stereocenters. The van der Waals surface area contributed by atoms with Crippen molar-refractivity contribution in [2.45, 2.75) is 63.8 Å². The first-order chi connectivity index (χ1) is 9.74. The highest BCUT2D eigenvalue weighted by Crippen LogP contribution is 2.33. The second-order valence-electron chi connectivity index (χ2n) is 6.75. The molecule has 2 aliphatic carbocycles. The van der Waals surface area contributed by atoms with Gasteiger partial charge < -0.3 is 10.2 Å². The maximum absolute atomic E-state index is 12.7. The highest BCUT2D eigenvalue weighted by Gasteiger charge is 2.36. The minimum absolute atomic E-state index is 0.0582. The fourth-order valence-electron chi connectivity index (χ4n) is 3.60. The van der Waals surface area contributed by atoms with E-state index < -0.39 is 0 Å². The van der Waals surface area contributed by atoms with Gasteiger partial charge in [-0.3, -0.25) is 9.59 Å². The SMILES string of the molecule is O=C1CCN(CCC2CC2)C(=O)C(C2CCCCC2)N1. The maximum Gasteiger partial charge on any atom is 0.245 e. The van der Waals surface area contributed by atoms with Crippen molar-refractivity contribution in [1.29, 1.82) is 0 Å². The Morgan fingerprint density at radius 3 is 2.50 bits per heavy atom. The van der Waals surface area contributed by atoms with Crippen LogP contribution < -0.4 is 5.32 Å². The van der Waals surface area contributed by atoms with Gasteiger partial charge in [-0.05, 0) is 31.1 Å². The van der Waals surface area contributed by atoms with Crippen LogP contribution in [0.2, 0.25) is 0 Å². The number of carbonyl (C=O) groups excluding carboxylic acids is 2. The molecule has 0 aromatic heterocycles. The van der Waals surface area contributed by atoms with Crippen LogP contribution in [0, 0.1) is 11.8 Å². The Labute approximate surface area is 121 Å². The normalized spacial score (nSPS) is 29.2. The molecule has 4 nitrogen and oxygen atoms in total. The van der Waals surface area contributed by atoms with Crippen LogP contribution in [0.5, 0.6) is 0 Å². The quantitative estimate of drug-likeness (QED) is 0.856. The van der Waals surface area contributed by atoms with E-state index in [-0.39, 0.29) is 17.9 Å². The molecule has 1 saturated heterocycles. The Morgan fingerprint density at radius 2 is 1.80 bits per heavy atom. The molecule has 1 heterocycles. The monoisotopic (exact) mass is 278 g/mol. The van der Waals surface area contributed by atoms with Crippen molar-refractivity contribution in [3.63, 3.8) is 0 Å². The van der Waals surface area contributed by atoms with Gasteiger partial charge in [0.1, 0.15) is 6.04 Å². The second-order valence-corrected chi connectivity index (χ2v) is 6.75. The third-order valence-corrected chi connectivity index (χ3v) is 5.13. The van der Waals surface area contributed by atoms with E-state index in [1.807, 2.05) is 4.90 Å². The largest absolute Gasteiger partial charge is 0.344 e. The Morgan fingerprint density at radius 1 is 1.05 bits per heavy atom. The van der Waals surface area contributed by atoms with Crippen LogP contribution in [0.25, 0.3) is 0 Å². The average molecular weight is 278 g/mol. The molecule has 0 aromatic rings. The predicted octanol–water partition coefficient (Wildman–Crippen LogP) is 2.08. The number of nitrogens with zero attached hydrogens (tertiary/aromatic N) is 1. The number of carbonyl (C=O) groups is 2. The van der Waals surface area contributed by atoms with Crippen molar-refractivity contribution in [3.05, 3.63) is 0 Å². The molecule has 112 valence electrons. The molecule has 1 aliphatic heterocycles. The second kappa shape index (κ2) is 6.15. The Balaban J connectivity index is 1.65. The van der Waals surface area contributed by atoms with Crippen molar-refractivity contribution in [2.24, 2.45) is 11.8 Å². The molecule has 2 amide bonds. The van der Waals surface area contributed by atoms with E-state index >= 15 is 0 Å². The third-order valence-electron chi connectivity index (χ3n) is 5.13. The number of nitrogens with one attached hydrogen (secondary N) is 1. The fourth-order valence-corrected chi connectivity index (χ4v) is 3.60. The molecule has 0 radical (unpaired) electrons. The van der Waals surface area contributed by atoms with Crippen molar-refractivity contribution < 1.29 is 9.59 Å². The molecule has 20 heavy (non-hydrogen) atoms. The lowest BCUT2D eigenvalue weighted by atomic mass is 9.83. The fraction of sp³-hybridized carbons (Fsp3) is 0.875. The van der Waals surface area contributed by atoms with Gasteiger partial charge in [0.05, 0.1) is 0 Å². The first kappa shape index (κ1) is 13.9. The van der Waals surface area contributed by atoms with Gasteiger partial charge in [0.2, 0.25) is 11.8 Å². The average Bonchev–Trinajstić information content (AvgIpc) is 3.29. The van der Waals surface area contributed by atoms with Crippen molar-refractivity contribution in [3.8, 4) is 0 Å². The van der Waals surface area contributed by atoms with Gasteiger partial charge in [-0.2, -0.15) is 0 Å². The smallest absolute Gasteiger partial charge is 0.245 e. The zero-order valence-electron chi connectivity index (χ0n) is 12.3. The van der Waals surface area contributed by atoms with Crippen molar-refractivity contribution in [1.82, 2.24) is 10.2 Å². The molecule has 1 N–H and O–H groups in total. The summed E-state index contributed by atoms with van der Waals surface area (Å²) in [5.74, 6) is 1.44. The highest BCUT2D eigenvalue weighted by atomic mass is 16.2. The molecule has 0 aromatic carbocycles. The van der Waals surface area contributed by atoms with Crippen molar-refractivity contribution >= 4 is 11.8 Å². The van der Waals surface area contributed by atoms with Gasteiger partial charge in [0.15, 0.2) is 0 Å². The lowest BCUT2D eigenvalue weighted by molar-refractivity contribution is -0.135. The van der Waals surface area contributed by atoms with E-state index in [2.05, 4.69) is 5.32 Å². The van der Waals surface area contributed by atoms with Crippen LogP contribution in [-0.2, 0) is 9.59 Å². The molecule has 3 rings (SSSR count). The zero-order valence-corrected chi connectivity index (χ0v) is 12.3. The molecule has 3 aliphatic rings. The summed E-state index contributed by atoms with van der Waals surface area (Å²) < 4.78 is 0. The summed E-state index contributed by atoms with van der Waals surface area (Å²) in [7, 11) is 0. The summed E-state index contributed by atoms with van der Waals surface area (Å²) in [5, 5.41) is 3.00. The first-order valence-electron chi connectivity index (χ1n) is 8.32. The van der Waals surface area contributed by atoms with Crippen molar-refractivity contribution in [2.75, 3.05) is 13.1 Å². The summed E-state index contributed by atoms with van der Waals surface area (Å²) in [6.45, 7) is 1.46. The van der Waals surface area contributed by atoms with Crippen LogP contribution in [0.1, 0.15) is 57.8 Å². The van der Waals surface area contributed by atoms with E-state index in [1.54, 1.807) is 0 Å². The standard InChI is InChI=1S/C16H26N2O2/c19-14-9-11-18(10-8-12-6-7-12)16(20)15(17-14)13-4-2-1-3-5-13/h12-13,15H,1-11H2,(H,17,19). The van der Waals surface area contributed by atoms with Crippen LogP contribution >= 0.6 is 0 Å². The van der Waals surface area contributed by atoms with Crippen LogP contribution in [0.3, 0.4) is 0 Å². The lowest BCUT2D eigenvalue weighted by Crippen LogP contribution is -2.49. The molecular weight excluding hydrogens is 252 g/mol. The molecule has 0 bridgehead atoms. The molecule has 1 atom stereocenters. The van der Waals surface area contributed by atoms with Gasteiger partial charge in [-0.1, -0.05) is 32.1 Å². The summed E-state index contributed by atoms with van der Waals surface area (Å²) in [6, 6.07) is -0.246. The highest BCUT2D eigenvalue weighted by molar-refractivity contribution is 5.90. The molecular formula is C16H26N2O2. The van der Waals surface area contributed by atoms with Gasteiger partial charge in [-0.25, -0.2) is 0 Å². The van der Waals surface area contributed by atoms with E-state index in [0.29, 0.717) is 18.9 Å². The van der Waals surface area contributed by atoms with E-state index in [1.165, 1.54) is 32.1 Å². The van der Waals surface area contributed by atoms with E-state index in [4.69, 9.17) is 0 Å². The lowest BCUT2D eigenvalue weighted by Gasteiger charge is -2.31. The number of hydrogen-bond donors (Lipinski definition) is 1. The first-order valence-corrected chi connectivity index (χ1v) is 8.32. The third kappa shape index (κ3) is 3.33. The minimum Gasteiger partial charge on any atom is -0.344 e. The molecule has 0 spiro atoms. The Kier molecular flexibility index (Phi) is 4.27. The van der Waals surface area contributed by atoms with Gasteiger partial charge in [0, 0.05) is 19.5 Å². The van der Waals surface area contributed by atoms with Crippen LogP contribution in [0.4, 0.5) is 0 Å². The van der Waals surface area contributed by atoms with Gasteiger partial charge in [-0.15, -0.1) is 0 Å². The predicted molar refractivity (Wildman–Crippen MR) is 77.0 cm³/mol. The summed E-state index contributed by atoms with van der Waals surface area (Å²) in [6.07, 6.45) is 10.1. The Bertz CT molecular complexity index is 373. The van der Waals surface area contributed by atoms with Crippen LogP contribution in [0.15, 0.2) is 0 Å². The number of rotatable bonds is 4. The van der Waals surface area contributed by atoms with E-state index in [9.17, 15) is 9.59 Å². The molecule has 4 heteroatoms. The van der Waals surface area contributed by atoms with Gasteiger partial charge >= 0.3 is 0 Å².